The van der Waals surface area contributed by atoms with Gasteiger partial charge in [-0.2, -0.15) is 0 Å². The molecule has 4 heteroatoms. The fourth-order valence-electron chi connectivity index (χ4n) is 1.72. The van der Waals surface area contributed by atoms with Crippen LogP contribution < -0.4 is 10.5 Å². The zero-order chi connectivity index (χ0) is 13.9. The van der Waals surface area contributed by atoms with Crippen molar-refractivity contribution in [2.45, 2.75) is 52.4 Å². The zero-order valence-corrected chi connectivity index (χ0v) is 13.2. The van der Waals surface area contributed by atoms with Crippen LogP contribution >= 0.6 is 12.4 Å². The fourth-order valence-corrected chi connectivity index (χ4v) is 1.72. The molecule has 0 amide bonds. The molecule has 1 aromatic rings. The van der Waals surface area contributed by atoms with Gasteiger partial charge >= 0.3 is 0 Å². The van der Waals surface area contributed by atoms with Gasteiger partial charge in [0.1, 0.15) is 11.4 Å². The van der Waals surface area contributed by atoms with Crippen LogP contribution in [-0.4, -0.2) is 16.8 Å². The first-order chi connectivity index (χ1) is 8.20. The first kappa shape index (κ1) is 18.2. The summed E-state index contributed by atoms with van der Waals surface area (Å²) in [6.07, 6.45) is -0.528. The third kappa shape index (κ3) is 5.81. The van der Waals surface area contributed by atoms with Crippen LogP contribution in [0.3, 0.4) is 0 Å². The van der Waals surface area contributed by atoms with Crippen LogP contribution in [0.1, 0.15) is 46.2 Å². The van der Waals surface area contributed by atoms with Gasteiger partial charge in [-0.25, -0.2) is 0 Å². The smallest absolute Gasteiger partial charge is 0.120 e. The largest absolute Gasteiger partial charge is 0.488 e. The van der Waals surface area contributed by atoms with E-state index in [1.807, 2.05) is 58.9 Å². The first-order valence-corrected chi connectivity index (χ1v) is 6.43. The number of aliphatic hydroxyl groups excluding tert-OH is 1. The van der Waals surface area contributed by atoms with Gasteiger partial charge in [0.25, 0.3) is 0 Å². The van der Waals surface area contributed by atoms with Crippen LogP contribution in [0, 0.1) is 5.92 Å². The van der Waals surface area contributed by atoms with Crippen LogP contribution in [0.15, 0.2) is 24.3 Å². The van der Waals surface area contributed by atoms with Gasteiger partial charge in [-0.3, -0.25) is 0 Å². The molecule has 0 aliphatic carbocycles. The fraction of sp³-hybridized carbons (Fsp3) is 0.600. The van der Waals surface area contributed by atoms with Crippen LogP contribution in [0.5, 0.6) is 5.75 Å². The predicted octanol–water partition coefficient (Wildman–Crippen LogP) is 3.30. The Bertz CT molecular complexity index is 371. The van der Waals surface area contributed by atoms with Crippen molar-refractivity contribution in [3.8, 4) is 5.75 Å². The number of hydrogen-bond donors (Lipinski definition) is 2. The molecule has 0 heterocycles. The van der Waals surface area contributed by atoms with Gasteiger partial charge in [-0.1, -0.05) is 26.0 Å². The van der Waals surface area contributed by atoms with E-state index in [9.17, 15) is 5.11 Å². The minimum atomic E-state index is -0.528. The highest BCUT2D eigenvalue weighted by Gasteiger charge is 2.20. The lowest BCUT2D eigenvalue weighted by Crippen LogP contribution is -2.30. The molecule has 0 saturated heterocycles. The van der Waals surface area contributed by atoms with E-state index in [4.69, 9.17) is 10.5 Å². The van der Waals surface area contributed by atoms with E-state index in [0.29, 0.717) is 0 Å². The summed E-state index contributed by atoms with van der Waals surface area (Å²) in [5.41, 5.74) is 6.75. The summed E-state index contributed by atoms with van der Waals surface area (Å²) in [5.74, 6) is 0.961. The molecule has 0 fully saturated rings. The lowest BCUT2D eigenvalue weighted by Gasteiger charge is -2.24. The van der Waals surface area contributed by atoms with E-state index in [1.54, 1.807) is 0 Å². The molecule has 0 saturated carbocycles. The van der Waals surface area contributed by atoms with Crippen molar-refractivity contribution in [2.75, 3.05) is 0 Å². The molecule has 110 valence electrons. The van der Waals surface area contributed by atoms with E-state index in [1.165, 1.54) is 0 Å². The lowest BCUT2D eigenvalue weighted by molar-refractivity contribution is 0.0977. The Hall–Kier alpha value is -0.770. The van der Waals surface area contributed by atoms with E-state index in [2.05, 4.69) is 0 Å². The molecule has 2 atom stereocenters. The number of ether oxygens (including phenoxy) is 1. The van der Waals surface area contributed by atoms with E-state index >= 15 is 0 Å². The molecule has 0 bridgehead atoms. The highest BCUT2D eigenvalue weighted by Crippen LogP contribution is 2.23. The van der Waals surface area contributed by atoms with Crippen LogP contribution in [0.2, 0.25) is 0 Å². The van der Waals surface area contributed by atoms with E-state index in [-0.39, 0.29) is 30.0 Å². The van der Waals surface area contributed by atoms with Crippen molar-refractivity contribution in [1.29, 1.82) is 0 Å². The maximum Gasteiger partial charge on any atom is 0.120 e. The van der Waals surface area contributed by atoms with Crippen molar-refractivity contribution in [3.05, 3.63) is 29.8 Å². The molecule has 0 aliphatic rings. The summed E-state index contributed by atoms with van der Waals surface area (Å²) in [6.45, 7) is 9.95. The Morgan fingerprint density at radius 1 is 1.11 bits per heavy atom. The molecule has 1 aromatic carbocycles. The summed E-state index contributed by atoms with van der Waals surface area (Å²) in [7, 11) is 0. The van der Waals surface area contributed by atoms with Gasteiger partial charge in [-0.05, 0) is 44.4 Å². The summed E-state index contributed by atoms with van der Waals surface area (Å²) in [5, 5.41) is 9.95. The molecule has 0 spiro atoms. The number of halogens is 1. The SMILES string of the molecule is CC(C)[C@@H](O)[C@@H](N)c1ccc(OC(C)(C)C)cc1.Cl. The third-order valence-electron chi connectivity index (χ3n) is 2.74. The number of hydrogen-bond acceptors (Lipinski definition) is 3. The Balaban J connectivity index is 0.00000324. The van der Waals surface area contributed by atoms with Gasteiger partial charge in [0, 0.05) is 0 Å². The molecule has 3 nitrogen and oxygen atoms in total. The van der Waals surface area contributed by atoms with Crippen molar-refractivity contribution in [1.82, 2.24) is 0 Å². The van der Waals surface area contributed by atoms with Crippen LogP contribution in [-0.2, 0) is 0 Å². The maximum atomic E-state index is 9.95. The van der Waals surface area contributed by atoms with Crippen LogP contribution in [0.4, 0.5) is 0 Å². The molecule has 0 aromatic heterocycles. The highest BCUT2D eigenvalue weighted by molar-refractivity contribution is 5.85. The lowest BCUT2D eigenvalue weighted by atomic mass is 9.94. The average Bonchev–Trinajstić information content (AvgIpc) is 2.26. The van der Waals surface area contributed by atoms with E-state index in [0.717, 1.165) is 11.3 Å². The van der Waals surface area contributed by atoms with Crippen LogP contribution in [0.25, 0.3) is 0 Å². The third-order valence-corrected chi connectivity index (χ3v) is 2.74. The quantitative estimate of drug-likeness (QED) is 0.893. The molecule has 0 aliphatic heterocycles. The van der Waals surface area contributed by atoms with Crippen molar-refractivity contribution < 1.29 is 9.84 Å². The van der Waals surface area contributed by atoms with Gasteiger partial charge in [0.15, 0.2) is 0 Å². The number of benzene rings is 1. The van der Waals surface area contributed by atoms with Crippen molar-refractivity contribution in [2.24, 2.45) is 11.7 Å². The molecule has 3 N–H and O–H groups in total. The normalized spacial score (nSPS) is 14.7. The number of aliphatic hydroxyl groups is 1. The second-order valence-corrected chi connectivity index (χ2v) is 6.04. The topological polar surface area (TPSA) is 55.5 Å². The minimum absolute atomic E-state index is 0. The molecule has 19 heavy (non-hydrogen) atoms. The Morgan fingerprint density at radius 3 is 1.95 bits per heavy atom. The summed E-state index contributed by atoms with van der Waals surface area (Å²) in [4.78, 5) is 0. The monoisotopic (exact) mass is 287 g/mol. The first-order valence-electron chi connectivity index (χ1n) is 6.43. The van der Waals surface area contributed by atoms with Gasteiger partial charge in [-0.15, -0.1) is 12.4 Å². The van der Waals surface area contributed by atoms with Crippen molar-refractivity contribution in [3.63, 3.8) is 0 Å². The summed E-state index contributed by atoms with van der Waals surface area (Å²) < 4.78 is 5.74. The number of nitrogens with two attached hydrogens (primary N) is 1. The van der Waals surface area contributed by atoms with Crippen molar-refractivity contribution >= 4 is 12.4 Å². The zero-order valence-electron chi connectivity index (χ0n) is 12.4. The van der Waals surface area contributed by atoms with Gasteiger partial charge in [0.2, 0.25) is 0 Å². The minimum Gasteiger partial charge on any atom is -0.488 e. The second-order valence-electron chi connectivity index (χ2n) is 6.04. The highest BCUT2D eigenvalue weighted by atomic mass is 35.5. The Labute approximate surface area is 122 Å². The standard InChI is InChI=1S/C15H25NO2.ClH/c1-10(2)14(17)13(16)11-6-8-12(9-7-11)18-15(3,4)5;/h6-10,13-14,17H,16H2,1-5H3;1H/t13-,14+;/m0./s1. The molecule has 0 unspecified atom stereocenters. The van der Waals surface area contributed by atoms with Gasteiger partial charge in [0.05, 0.1) is 12.1 Å². The summed E-state index contributed by atoms with van der Waals surface area (Å²) in [6, 6.07) is 7.27. The van der Waals surface area contributed by atoms with E-state index < -0.39 is 6.10 Å². The Morgan fingerprint density at radius 2 is 1.58 bits per heavy atom. The molecule has 0 radical (unpaired) electrons. The number of rotatable bonds is 4. The van der Waals surface area contributed by atoms with Gasteiger partial charge < -0.3 is 15.6 Å². The average molecular weight is 288 g/mol. The Kier molecular flexibility index (Phi) is 6.84. The predicted molar refractivity (Wildman–Crippen MR) is 81.8 cm³/mol. The molecule has 1 rings (SSSR count). The molecular weight excluding hydrogens is 262 g/mol. The maximum absolute atomic E-state index is 9.95. The molecular formula is C15H26ClNO2. The summed E-state index contributed by atoms with van der Waals surface area (Å²) >= 11 is 0. The second kappa shape index (κ2) is 7.13.